The van der Waals surface area contributed by atoms with Crippen molar-refractivity contribution in [2.24, 2.45) is 11.8 Å². The minimum atomic E-state index is -0.690. The molecule has 2 atom stereocenters. The molecule has 1 aromatic rings. The smallest absolute Gasteiger partial charge is 0.303 e. The van der Waals surface area contributed by atoms with Gasteiger partial charge in [0.05, 0.1) is 5.69 Å². The second kappa shape index (κ2) is 5.69. The van der Waals surface area contributed by atoms with Crippen molar-refractivity contribution in [3.8, 4) is 0 Å². The van der Waals surface area contributed by atoms with E-state index in [9.17, 15) is 4.79 Å². The van der Waals surface area contributed by atoms with Crippen molar-refractivity contribution < 1.29 is 9.90 Å². The number of anilines is 1. The molecular weight excluding hydrogens is 248 g/mol. The van der Waals surface area contributed by atoms with Crippen LogP contribution in [0, 0.1) is 18.8 Å². The summed E-state index contributed by atoms with van der Waals surface area (Å²) in [6.45, 7) is 6.05. The number of carboxylic acid groups (broad SMARTS) is 1. The minimum Gasteiger partial charge on any atom is -0.481 e. The van der Waals surface area contributed by atoms with Gasteiger partial charge in [-0.25, -0.2) is 4.98 Å². The van der Waals surface area contributed by atoms with E-state index < -0.39 is 5.97 Å². The number of carbonyl (C=O) groups is 1. The number of aromatic nitrogens is 1. The molecule has 0 saturated carbocycles. The molecule has 1 aromatic heterocycles. The highest BCUT2D eigenvalue weighted by Crippen LogP contribution is 2.30. The lowest BCUT2D eigenvalue weighted by Gasteiger charge is -2.35. The zero-order chi connectivity index (χ0) is 13.1. The molecule has 5 heteroatoms. The van der Waals surface area contributed by atoms with Crippen LogP contribution in [0.5, 0.6) is 0 Å². The summed E-state index contributed by atoms with van der Waals surface area (Å²) in [4.78, 5) is 17.6. The van der Waals surface area contributed by atoms with Gasteiger partial charge >= 0.3 is 5.97 Å². The number of carboxylic acids is 1. The van der Waals surface area contributed by atoms with Crippen molar-refractivity contribution in [1.29, 1.82) is 0 Å². The Hall–Kier alpha value is -1.10. The van der Waals surface area contributed by atoms with Crippen LogP contribution in [-0.4, -0.2) is 29.1 Å². The van der Waals surface area contributed by atoms with Crippen LogP contribution in [0.25, 0.3) is 0 Å². The van der Waals surface area contributed by atoms with Gasteiger partial charge in [0, 0.05) is 24.9 Å². The van der Waals surface area contributed by atoms with Gasteiger partial charge in [-0.15, -0.1) is 11.3 Å². The van der Waals surface area contributed by atoms with E-state index in [4.69, 9.17) is 5.11 Å². The first kappa shape index (κ1) is 13.3. The molecule has 2 rings (SSSR count). The number of piperidine rings is 1. The maximum Gasteiger partial charge on any atom is 0.303 e. The molecule has 1 aliphatic heterocycles. The maximum absolute atomic E-state index is 10.8. The Bertz CT molecular complexity index is 419. The number of aryl methyl sites for hydroxylation is 1. The lowest BCUT2D eigenvalue weighted by Crippen LogP contribution is -2.38. The van der Waals surface area contributed by atoms with Crippen LogP contribution >= 0.6 is 11.3 Å². The SMILES string of the molecule is Cc1csc(N2CCCC(C(C)CC(=O)O)C2)n1. The largest absolute Gasteiger partial charge is 0.481 e. The average molecular weight is 268 g/mol. The van der Waals surface area contributed by atoms with Gasteiger partial charge in [0.2, 0.25) is 0 Å². The standard InChI is InChI=1S/C13H20N2O2S/c1-9(6-12(16)17)11-4-3-5-15(7-11)13-14-10(2)8-18-13/h8-9,11H,3-7H2,1-2H3,(H,16,17). The van der Waals surface area contributed by atoms with Gasteiger partial charge in [-0.1, -0.05) is 6.92 Å². The Labute approximate surface area is 112 Å². The number of thiazole rings is 1. The fourth-order valence-corrected chi connectivity index (χ4v) is 3.42. The predicted octanol–water partition coefficient (Wildman–Crippen LogP) is 2.78. The zero-order valence-corrected chi connectivity index (χ0v) is 11.7. The molecule has 1 aliphatic rings. The molecule has 1 saturated heterocycles. The molecule has 4 nitrogen and oxygen atoms in total. The molecule has 100 valence electrons. The summed E-state index contributed by atoms with van der Waals surface area (Å²) in [5.41, 5.74) is 1.07. The maximum atomic E-state index is 10.8. The molecule has 0 aromatic carbocycles. The number of rotatable bonds is 4. The molecule has 1 N–H and O–H groups in total. The molecule has 2 heterocycles. The van der Waals surface area contributed by atoms with Crippen molar-refractivity contribution in [3.63, 3.8) is 0 Å². The molecule has 0 bridgehead atoms. The van der Waals surface area contributed by atoms with E-state index in [0.717, 1.165) is 36.8 Å². The first-order chi connectivity index (χ1) is 8.56. The van der Waals surface area contributed by atoms with E-state index in [-0.39, 0.29) is 12.3 Å². The topological polar surface area (TPSA) is 53.4 Å². The van der Waals surface area contributed by atoms with Crippen LogP contribution in [0.4, 0.5) is 5.13 Å². The van der Waals surface area contributed by atoms with Crippen LogP contribution < -0.4 is 4.90 Å². The normalized spacial score (nSPS) is 21.9. The van der Waals surface area contributed by atoms with E-state index in [0.29, 0.717) is 5.92 Å². The van der Waals surface area contributed by atoms with Crippen molar-refractivity contribution in [2.75, 3.05) is 18.0 Å². The highest BCUT2D eigenvalue weighted by atomic mass is 32.1. The van der Waals surface area contributed by atoms with Gasteiger partial charge in [0.1, 0.15) is 0 Å². The average Bonchev–Trinajstić information content (AvgIpc) is 2.75. The third-order valence-electron chi connectivity index (χ3n) is 3.64. The molecule has 0 amide bonds. The number of aliphatic carboxylic acids is 1. The highest BCUT2D eigenvalue weighted by molar-refractivity contribution is 7.13. The fourth-order valence-electron chi connectivity index (χ4n) is 2.58. The lowest BCUT2D eigenvalue weighted by molar-refractivity contribution is -0.138. The first-order valence-electron chi connectivity index (χ1n) is 6.45. The summed E-state index contributed by atoms with van der Waals surface area (Å²) in [7, 11) is 0. The van der Waals surface area contributed by atoms with Crippen LogP contribution in [-0.2, 0) is 4.79 Å². The van der Waals surface area contributed by atoms with Gasteiger partial charge in [-0.3, -0.25) is 4.79 Å². The summed E-state index contributed by atoms with van der Waals surface area (Å²) in [6, 6.07) is 0. The van der Waals surface area contributed by atoms with Crippen molar-refractivity contribution in [1.82, 2.24) is 4.98 Å². The number of nitrogens with zero attached hydrogens (tertiary/aromatic N) is 2. The van der Waals surface area contributed by atoms with E-state index >= 15 is 0 Å². The zero-order valence-electron chi connectivity index (χ0n) is 10.9. The second-order valence-corrected chi connectivity index (χ2v) is 6.03. The molecule has 0 radical (unpaired) electrons. The molecule has 0 aliphatic carbocycles. The monoisotopic (exact) mass is 268 g/mol. The number of hydrogen-bond donors (Lipinski definition) is 1. The summed E-state index contributed by atoms with van der Waals surface area (Å²) in [5, 5.41) is 12.0. The van der Waals surface area contributed by atoms with Crippen molar-refractivity contribution in [2.45, 2.75) is 33.1 Å². The van der Waals surface area contributed by atoms with E-state index in [1.165, 1.54) is 0 Å². The third-order valence-corrected chi connectivity index (χ3v) is 4.66. The summed E-state index contributed by atoms with van der Waals surface area (Å²) in [5.74, 6) is 0.0233. The Morgan fingerprint density at radius 3 is 3.11 bits per heavy atom. The van der Waals surface area contributed by atoms with Gasteiger partial charge < -0.3 is 10.0 Å². The van der Waals surface area contributed by atoms with E-state index in [1.54, 1.807) is 11.3 Å². The van der Waals surface area contributed by atoms with Gasteiger partial charge in [0.15, 0.2) is 5.13 Å². The molecule has 1 fully saturated rings. The lowest BCUT2D eigenvalue weighted by atomic mass is 9.85. The Morgan fingerprint density at radius 2 is 2.50 bits per heavy atom. The summed E-state index contributed by atoms with van der Waals surface area (Å²) in [6.07, 6.45) is 2.54. The Kier molecular flexibility index (Phi) is 4.22. The highest BCUT2D eigenvalue weighted by Gasteiger charge is 2.27. The Balaban J connectivity index is 1.98. The van der Waals surface area contributed by atoms with Crippen LogP contribution in [0.2, 0.25) is 0 Å². The quantitative estimate of drug-likeness (QED) is 0.912. The number of hydrogen-bond acceptors (Lipinski definition) is 4. The summed E-state index contributed by atoms with van der Waals surface area (Å²) >= 11 is 1.68. The van der Waals surface area contributed by atoms with Gasteiger partial charge in [-0.2, -0.15) is 0 Å². The van der Waals surface area contributed by atoms with Gasteiger partial charge in [-0.05, 0) is 31.6 Å². The molecular formula is C13H20N2O2S. The van der Waals surface area contributed by atoms with Crippen LogP contribution in [0.15, 0.2) is 5.38 Å². The first-order valence-corrected chi connectivity index (χ1v) is 7.33. The molecule has 18 heavy (non-hydrogen) atoms. The molecule has 0 spiro atoms. The van der Waals surface area contributed by atoms with Crippen LogP contribution in [0.3, 0.4) is 0 Å². The van der Waals surface area contributed by atoms with Crippen molar-refractivity contribution >= 4 is 22.4 Å². The fraction of sp³-hybridized carbons (Fsp3) is 0.692. The van der Waals surface area contributed by atoms with Crippen molar-refractivity contribution in [3.05, 3.63) is 11.1 Å². The Morgan fingerprint density at radius 1 is 1.72 bits per heavy atom. The minimum absolute atomic E-state index is 0.242. The molecule has 2 unspecified atom stereocenters. The van der Waals surface area contributed by atoms with Crippen LogP contribution in [0.1, 0.15) is 31.9 Å². The third kappa shape index (κ3) is 3.22. The van der Waals surface area contributed by atoms with Gasteiger partial charge in [0.25, 0.3) is 0 Å². The second-order valence-electron chi connectivity index (χ2n) is 5.19. The predicted molar refractivity (Wildman–Crippen MR) is 73.2 cm³/mol. The van der Waals surface area contributed by atoms with E-state index in [1.807, 2.05) is 6.92 Å². The summed E-state index contributed by atoms with van der Waals surface area (Å²) < 4.78 is 0. The van der Waals surface area contributed by atoms with E-state index in [2.05, 4.69) is 22.2 Å².